The van der Waals surface area contributed by atoms with Crippen molar-refractivity contribution in [2.75, 3.05) is 0 Å². The van der Waals surface area contributed by atoms with Gasteiger partial charge in [-0.1, -0.05) is 158 Å². The third-order valence-corrected chi connectivity index (χ3v) is 11.3. The maximum atomic E-state index is 6.34. The first-order chi connectivity index (χ1) is 28.7. The molecule has 0 aliphatic heterocycles. The summed E-state index contributed by atoms with van der Waals surface area (Å²) in [7, 11) is 0. The molecule has 0 spiro atoms. The lowest BCUT2D eigenvalue weighted by Crippen LogP contribution is -2.01. The van der Waals surface area contributed by atoms with E-state index in [1.165, 1.54) is 32.7 Å². The normalized spacial score (nSPS) is 11.8. The van der Waals surface area contributed by atoms with Crippen molar-refractivity contribution < 1.29 is 8.83 Å². The van der Waals surface area contributed by atoms with E-state index in [0.717, 1.165) is 71.7 Å². The van der Waals surface area contributed by atoms with Crippen LogP contribution >= 0.6 is 0 Å². The highest BCUT2D eigenvalue weighted by atomic mass is 16.3. The molecule has 0 bridgehead atoms. The van der Waals surface area contributed by atoms with Crippen LogP contribution in [-0.4, -0.2) is 15.0 Å². The Hall–Kier alpha value is -7.89. The highest BCUT2D eigenvalue weighted by molar-refractivity contribution is 6.16. The van der Waals surface area contributed by atoms with Crippen molar-refractivity contribution in [2.45, 2.75) is 0 Å². The topological polar surface area (TPSA) is 65.0 Å². The number of benzene rings is 9. The van der Waals surface area contributed by atoms with Gasteiger partial charge in [-0.15, -0.1) is 0 Å². The van der Waals surface area contributed by atoms with E-state index in [1.807, 2.05) is 60.7 Å². The molecule has 5 nitrogen and oxygen atoms in total. The van der Waals surface area contributed by atoms with Crippen molar-refractivity contribution >= 4 is 65.4 Å². The lowest BCUT2D eigenvalue weighted by atomic mass is 9.91. The van der Waals surface area contributed by atoms with E-state index in [0.29, 0.717) is 17.5 Å². The molecule has 9 aromatic carbocycles. The standard InChI is InChI=1S/C53H31N3O2/c1-2-13-32(14-3-1)37-20-10-15-34-29-27-33-28-30-35(31-43(33)48(34)37)36-16-4-5-17-38(36)51-54-52(41-21-11-25-46-49(41)39-18-6-8-23-44(39)57-46)56-53(55-51)42-22-12-26-47-50(42)40-19-7-9-24-45(40)58-47/h1-31H. The molecule has 0 aliphatic carbocycles. The van der Waals surface area contributed by atoms with E-state index in [1.54, 1.807) is 0 Å². The van der Waals surface area contributed by atoms with Gasteiger partial charge in [-0.2, -0.15) is 0 Å². The fourth-order valence-electron chi connectivity index (χ4n) is 8.72. The van der Waals surface area contributed by atoms with Gasteiger partial charge in [-0.3, -0.25) is 0 Å². The fourth-order valence-corrected chi connectivity index (χ4v) is 8.72. The van der Waals surface area contributed by atoms with Crippen molar-refractivity contribution in [2.24, 2.45) is 0 Å². The van der Waals surface area contributed by atoms with Gasteiger partial charge in [0.15, 0.2) is 17.5 Å². The maximum absolute atomic E-state index is 6.34. The smallest absolute Gasteiger partial charge is 0.164 e. The van der Waals surface area contributed by atoms with Crippen LogP contribution in [0.15, 0.2) is 197 Å². The molecular weight excluding hydrogens is 711 g/mol. The third kappa shape index (κ3) is 5.07. The average molecular weight is 742 g/mol. The monoisotopic (exact) mass is 741 g/mol. The van der Waals surface area contributed by atoms with Gasteiger partial charge in [0.2, 0.25) is 0 Å². The van der Waals surface area contributed by atoms with E-state index in [9.17, 15) is 0 Å². The number of rotatable bonds is 5. The van der Waals surface area contributed by atoms with Gasteiger partial charge >= 0.3 is 0 Å². The second kappa shape index (κ2) is 12.8. The summed E-state index contributed by atoms with van der Waals surface area (Å²) in [6.45, 7) is 0. The van der Waals surface area contributed by atoms with Crippen LogP contribution in [0, 0.1) is 0 Å². The molecule has 0 unspecified atom stereocenters. The molecule has 3 aromatic heterocycles. The summed E-state index contributed by atoms with van der Waals surface area (Å²) in [5.74, 6) is 1.70. The third-order valence-electron chi connectivity index (χ3n) is 11.3. The first kappa shape index (κ1) is 32.4. The largest absolute Gasteiger partial charge is 0.456 e. The lowest BCUT2D eigenvalue weighted by Gasteiger charge is -2.15. The zero-order valence-corrected chi connectivity index (χ0v) is 31.1. The number of para-hydroxylation sites is 2. The van der Waals surface area contributed by atoms with Crippen molar-refractivity contribution in [1.29, 1.82) is 0 Å². The number of nitrogens with zero attached hydrogens (tertiary/aromatic N) is 3. The molecule has 0 saturated carbocycles. The molecule has 0 atom stereocenters. The van der Waals surface area contributed by atoms with E-state index in [2.05, 4.69) is 127 Å². The molecule has 58 heavy (non-hydrogen) atoms. The molecule has 3 heterocycles. The Labute approximate surface area is 332 Å². The molecule has 12 aromatic rings. The van der Waals surface area contributed by atoms with Crippen LogP contribution in [-0.2, 0) is 0 Å². The highest BCUT2D eigenvalue weighted by Crippen LogP contribution is 2.42. The molecule has 0 fully saturated rings. The molecule has 0 N–H and O–H groups in total. The minimum Gasteiger partial charge on any atom is -0.456 e. The Morgan fingerprint density at radius 3 is 1.43 bits per heavy atom. The number of furan rings is 2. The molecule has 0 saturated heterocycles. The summed E-state index contributed by atoms with van der Waals surface area (Å²) in [5, 5.41) is 8.77. The van der Waals surface area contributed by atoms with Crippen molar-refractivity contribution in [3.05, 3.63) is 188 Å². The number of hydrogen-bond donors (Lipinski definition) is 0. The zero-order chi connectivity index (χ0) is 38.2. The molecule has 12 rings (SSSR count). The van der Waals surface area contributed by atoms with Crippen molar-refractivity contribution in [3.8, 4) is 56.4 Å². The van der Waals surface area contributed by atoms with Crippen LogP contribution in [0.3, 0.4) is 0 Å². The number of hydrogen-bond acceptors (Lipinski definition) is 5. The van der Waals surface area contributed by atoms with Crippen LogP contribution < -0.4 is 0 Å². The van der Waals surface area contributed by atoms with Crippen LogP contribution in [0.5, 0.6) is 0 Å². The summed E-state index contributed by atoms with van der Waals surface area (Å²) < 4.78 is 12.7. The van der Waals surface area contributed by atoms with Crippen molar-refractivity contribution in [3.63, 3.8) is 0 Å². The molecule has 5 heteroatoms. The van der Waals surface area contributed by atoms with Gasteiger partial charge in [0.25, 0.3) is 0 Å². The summed E-state index contributed by atoms with van der Waals surface area (Å²) in [6.07, 6.45) is 0. The van der Waals surface area contributed by atoms with Gasteiger partial charge in [-0.25, -0.2) is 15.0 Å². The van der Waals surface area contributed by atoms with Gasteiger partial charge in [-0.05, 0) is 74.1 Å². The van der Waals surface area contributed by atoms with E-state index in [-0.39, 0.29) is 0 Å². The zero-order valence-electron chi connectivity index (χ0n) is 31.1. The van der Waals surface area contributed by atoms with Crippen LogP contribution in [0.25, 0.3) is 122 Å². The first-order valence-corrected chi connectivity index (χ1v) is 19.4. The average Bonchev–Trinajstić information content (AvgIpc) is 3.87. The Balaban J connectivity index is 1.12. The van der Waals surface area contributed by atoms with Crippen molar-refractivity contribution in [1.82, 2.24) is 15.0 Å². The van der Waals surface area contributed by atoms with Crippen LogP contribution in [0.2, 0.25) is 0 Å². The molecule has 0 radical (unpaired) electrons. The Bertz CT molecular complexity index is 3450. The second-order valence-electron chi connectivity index (χ2n) is 14.7. The quantitative estimate of drug-likeness (QED) is 0.164. The Morgan fingerprint density at radius 2 is 0.759 bits per heavy atom. The van der Waals surface area contributed by atoms with Crippen LogP contribution in [0.1, 0.15) is 0 Å². The molecule has 0 aliphatic rings. The number of aromatic nitrogens is 3. The highest BCUT2D eigenvalue weighted by Gasteiger charge is 2.22. The molecule has 0 amide bonds. The summed E-state index contributed by atoms with van der Waals surface area (Å²) in [5.41, 5.74) is 10.4. The summed E-state index contributed by atoms with van der Waals surface area (Å²) in [6, 6.07) is 65.2. The summed E-state index contributed by atoms with van der Waals surface area (Å²) >= 11 is 0. The van der Waals surface area contributed by atoms with E-state index >= 15 is 0 Å². The second-order valence-corrected chi connectivity index (χ2v) is 14.7. The first-order valence-electron chi connectivity index (χ1n) is 19.4. The van der Waals surface area contributed by atoms with Gasteiger partial charge < -0.3 is 8.83 Å². The van der Waals surface area contributed by atoms with Gasteiger partial charge in [0, 0.05) is 38.2 Å². The van der Waals surface area contributed by atoms with Gasteiger partial charge in [0.1, 0.15) is 22.3 Å². The SMILES string of the molecule is c1ccc(-c2cccc3ccc4ccc(-c5ccccc5-c5nc(-c6cccc7oc8ccccc8c67)nc(-c6cccc7oc8ccccc8c67)n5)cc4c23)cc1. The van der Waals surface area contributed by atoms with E-state index in [4.69, 9.17) is 23.8 Å². The van der Waals surface area contributed by atoms with E-state index < -0.39 is 0 Å². The lowest BCUT2D eigenvalue weighted by molar-refractivity contribution is 0.668. The predicted octanol–water partition coefficient (Wildman–Crippen LogP) is 14.3. The molecular formula is C53H31N3O2. The fraction of sp³-hybridized carbons (Fsp3) is 0. The minimum atomic E-state index is 0.564. The van der Waals surface area contributed by atoms with Crippen LogP contribution in [0.4, 0.5) is 0 Å². The van der Waals surface area contributed by atoms with Gasteiger partial charge in [0.05, 0.1) is 0 Å². The minimum absolute atomic E-state index is 0.564. The summed E-state index contributed by atoms with van der Waals surface area (Å²) in [4.78, 5) is 15.9. The Morgan fingerprint density at radius 1 is 0.276 bits per heavy atom. The Kier molecular flexibility index (Phi) is 7.16. The number of fused-ring (bicyclic) bond motifs is 9. The molecule has 270 valence electrons. The maximum Gasteiger partial charge on any atom is 0.164 e. The predicted molar refractivity (Wildman–Crippen MR) is 237 cm³/mol.